The second-order valence-corrected chi connectivity index (χ2v) is 13.3. The lowest BCUT2D eigenvalue weighted by atomic mass is 9.45. The van der Waals surface area contributed by atoms with E-state index in [0.717, 1.165) is 31.8 Å². The van der Waals surface area contributed by atoms with Gasteiger partial charge in [-0.25, -0.2) is 0 Å². The van der Waals surface area contributed by atoms with Crippen molar-refractivity contribution in [1.82, 2.24) is 0 Å². The van der Waals surface area contributed by atoms with Crippen LogP contribution < -0.4 is 0 Å². The molecule has 0 heterocycles. The van der Waals surface area contributed by atoms with E-state index in [1.54, 1.807) is 6.92 Å². The van der Waals surface area contributed by atoms with Gasteiger partial charge in [0.1, 0.15) is 16.3 Å². The van der Waals surface area contributed by atoms with Crippen molar-refractivity contribution in [2.45, 2.75) is 104 Å². The highest BCUT2D eigenvalue weighted by molar-refractivity contribution is 5.97. The van der Waals surface area contributed by atoms with E-state index in [1.165, 1.54) is 12.8 Å². The van der Waals surface area contributed by atoms with Gasteiger partial charge in [0, 0.05) is 28.4 Å². The summed E-state index contributed by atoms with van der Waals surface area (Å²) in [5, 5.41) is 36.2. The number of carbonyl (C=O) groups is 1. The second-order valence-electron chi connectivity index (χ2n) is 13.3. The molecule has 4 aliphatic carbocycles. The average molecular weight is 520 g/mol. The Morgan fingerprint density at radius 3 is 2.19 bits per heavy atom. The van der Waals surface area contributed by atoms with E-state index in [0.29, 0.717) is 30.6 Å². The van der Waals surface area contributed by atoms with Gasteiger partial charge >= 0.3 is 11.4 Å². The van der Waals surface area contributed by atoms with Crippen LogP contribution in [0.15, 0.2) is 11.6 Å². The standard InChI is InChI=1S/C27H41N3O7/c1-16(2)7-6-8-17(3)19-9-10-20-18-13-23(28(32)33)22-14-24(31)27(29(34)35,30(36)37)15-26(22,5)21(18)11-12-25(19,20)4/h14,16-21,23H,6-13,15H2,1-5H3/t17-,18+,19-,20+,21+,23-,25-,26-/m1/s1. The van der Waals surface area contributed by atoms with Gasteiger partial charge in [-0.05, 0) is 66.6 Å². The summed E-state index contributed by atoms with van der Waals surface area (Å²) in [5.41, 5.74) is -3.84. The highest BCUT2D eigenvalue weighted by Crippen LogP contribution is 2.68. The maximum Gasteiger partial charge on any atom is 0.520 e. The molecule has 0 aliphatic heterocycles. The Kier molecular flexibility index (Phi) is 7.03. The van der Waals surface area contributed by atoms with E-state index in [-0.39, 0.29) is 33.7 Å². The SMILES string of the molecule is CC(C)CCC[C@@H](C)[C@H]1CC[C@H]2[C@@H]3C[C@@H]([N+](=O)[O-])C4=CC(=O)C([N+](=O)[O-])([N+](=O)[O-])C[C@]4(C)[C@H]3CC[C@]12C. The maximum absolute atomic E-state index is 12.8. The van der Waals surface area contributed by atoms with Crippen LogP contribution in [-0.4, -0.2) is 32.3 Å². The van der Waals surface area contributed by atoms with Crippen LogP contribution in [0.25, 0.3) is 0 Å². The Morgan fingerprint density at radius 1 is 0.973 bits per heavy atom. The molecule has 0 bridgehead atoms. The Balaban J connectivity index is 1.70. The topological polar surface area (TPSA) is 146 Å². The lowest BCUT2D eigenvalue weighted by Gasteiger charge is -2.58. The van der Waals surface area contributed by atoms with Crippen LogP contribution in [0.5, 0.6) is 0 Å². The van der Waals surface area contributed by atoms with E-state index in [1.807, 2.05) is 0 Å². The van der Waals surface area contributed by atoms with Gasteiger partial charge in [-0.3, -0.25) is 35.1 Å². The molecule has 10 heteroatoms. The van der Waals surface area contributed by atoms with Gasteiger partial charge in [-0.15, -0.1) is 0 Å². The molecule has 0 radical (unpaired) electrons. The van der Waals surface area contributed by atoms with Crippen molar-refractivity contribution < 1.29 is 19.6 Å². The number of fused-ring (bicyclic) bond motifs is 5. The second kappa shape index (κ2) is 9.42. The van der Waals surface area contributed by atoms with Gasteiger partial charge in [-0.2, -0.15) is 0 Å². The third-order valence-corrected chi connectivity index (χ3v) is 11.1. The van der Waals surface area contributed by atoms with Gasteiger partial charge < -0.3 is 0 Å². The predicted molar refractivity (Wildman–Crippen MR) is 136 cm³/mol. The summed E-state index contributed by atoms with van der Waals surface area (Å²) in [4.78, 5) is 46.5. The molecule has 4 aliphatic rings. The Labute approximate surface area is 218 Å². The van der Waals surface area contributed by atoms with Gasteiger partial charge in [0.2, 0.25) is 6.04 Å². The van der Waals surface area contributed by atoms with Crippen LogP contribution in [0.4, 0.5) is 0 Å². The summed E-state index contributed by atoms with van der Waals surface area (Å²) in [5.74, 6) is 0.528. The number of rotatable bonds is 8. The number of carbonyl (C=O) groups excluding carboxylic acids is 1. The lowest BCUT2D eigenvalue weighted by molar-refractivity contribution is -0.778. The summed E-state index contributed by atoms with van der Waals surface area (Å²) < 4.78 is 0. The first-order valence-corrected chi connectivity index (χ1v) is 13.9. The molecule has 0 aromatic heterocycles. The molecule has 0 aromatic carbocycles. The van der Waals surface area contributed by atoms with Crippen molar-refractivity contribution in [1.29, 1.82) is 0 Å². The summed E-state index contributed by atoms with van der Waals surface area (Å²) in [6.45, 7) is 10.9. The molecular formula is C27H41N3O7. The largest absolute Gasteiger partial charge is 0.520 e. The van der Waals surface area contributed by atoms with Gasteiger partial charge in [0.25, 0.3) is 0 Å². The summed E-state index contributed by atoms with van der Waals surface area (Å²) in [7, 11) is 0. The van der Waals surface area contributed by atoms with Crippen LogP contribution in [0, 0.1) is 76.7 Å². The summed E-state index contributed by atoms with van der Waals surface area (Å²) in [6, 6.07) is -1.14. The third-order valence-electron chi connectivity index (χ3n) is 11.1. The number of hydrogen-bond acceptors (Lipinski definition) is 7. The molecule has 3 saturated carbocycles. The molecule has 0 spiro atoms. The van der Waals surface area contributed by atoms with Crippen molar-refractivity contribution in [3.63, 3.8) is 0 Å². The molecule has 8 atom stereocenters. The lowest BCUT2D eigenvalue weighted by Crippen LogP contribution is -2.63. The quantitative estimate of drug-likeness (QED) is 0.226. The number of ketones is 1. The minimum absolute atomic E-state index is 0.0327. The van der Waals surface area contributed by atoms with Gasteiger partial charge in [0.05, 0.1) is 0 Å². The highest BCUT2D eigenvalue weighted by Gasteiger charge is 2.73. The first-order valence-electron chi connectivity index (χ1n) is 13.9. The van der Waals surface area contributed by atoms with Crippen molar-refractivity contribution in [2.24, 2.45) is 46.3 Å². The molecule has 10 nitrogen and oxygen atoms in total. The van der Waals surface area contributed by atoms with Gasteiger partial charge in [0.15, 0.2) is 0 Å². The summed E-state index contributed by atoms with van der Waals surface area (Å²) in [6.07, 6.45) is 7.79. The van der Waals surface area contributed by atoms with Crippen molar-refractivity contribution in [2.75, 3.05) is 0 Å². The van der Waals surface area contributed by atoms with E-state index < -0.39 is 39.2 Å². The fraction of sp³-hybridized carbons (Fsp3) is 0.889. The molecular weight excluding hydrogens is 478 g/mol. The fourth-order valence-corrected chi connectivity index (χ4v) is 9.34. The normalized spacial score (nSPS) is 39.2. The van der Waals surface area contributed by atoms with Crippen LogP contribution in [0.2, 0.25) is 0 Å². The zero-order valence-electron chi connectivity index (χ0n) is 22.7. The molecule has 0 amide bonds. The number of nitrogens with zero attached hydrogens (tertiary/aromatic N) is 3. The van der Waals surface area contributed by atoms with Crippen LogP contribution in [-0.2, 0) is 4.79 Å². The van der Waals surface area contributed by atoms with Crippen molar-refractivity contribution in [3.05, 3.63) is 42.0 Å². The van der Waals surface area contributed by atoms with Crippen molar-refractivity contribution in [3.8, 4) is 0 Å². The zero-order valence-corrected chi connectivity index (χ0v) is 22.7. The van der Waals surface area contributed by atoms with Crippen molar-refractivity contribution >= 4 is 5.78 Å². The molecule has 206 valence electrons. The maximum atomic E-state index is 12.8. The summed E-state index contributed by atoms with van der Waals surface area (Å²) >= 11 is 0. The molecule has 0 aromatic rings. The molecule has 37 heavy (non-hydrogen) atoms. The molecule has 0 unspecified atom stereocenters. The van der Waals surface area contributed by atoms with Gasteiger partial charge in [-0.1, -0.05) is 53.9 Å². The first kappa shape index (κ1) is 27.6. The number of nitro groups is 3. The smallest absolute Gasteiger partial charge is 0.278 e. The minimum Gasteiger partial charge on any atom is -0.278 e. The molecule has 0 N–H and O–H groups in total. The Hall–Kier alpha value is -2.39. The van der Waals surface area contributed by atoms with E-state index in [2.05, 4.69) is 27.7 Å². The monoisotopic (exact) mass is 519 g/mol. The van der Waals surface area contributed by atoms with E-state index in [4.69, 9.17) is 0 Å². The Bertz CT molecular complexity index is 1010. The highest BCUT2D eigenvalue weighted by atomic mass is 16.7. The van der Waals surface area contributed by atoms with E-state index >= 15 is 0 Å². The van der Waals surface area contributed by atoms with E-state index in [9.17, 15) is 35.1 Å². The minimum atomic E-state index is -2.98. The predicted octanol–water partition coefficient (Wildman–Crippen LogP) is 5.71. The number of hydrogen-bond donors (Lipinski definition) is 0. The van der Waals surface area contributed by atoms with Crippen LogP contribution >= 0.6 is 0 Å². The zero-order chi connectivity index (χ0) is 27.5. The first-order chi connectivity index (χ1) is 17.2. The molecule has 4 rings (SSSR count). The Morgan fingerprint density at radius 2 is 1.62 bits per heavy atom. The van der Waals surface area contributed by atoms with Crippen LogP contribution in [0.1, 0.15) is 92.4 Å². The fourth-order valence-electron chi connectivity index (χ4n) is 9.34. The average Bonchev–Trinajstić information content (AvgIpc) is 3.15. The molecule has 3 fully saturated rings. The third kappa shape index (κ3) is 4.09. The molecule has 0 saturated heterocycles. The van der Waals surface area contributed by atoms with Crippen LogP contribution in [0.3, 0.4) is 0 Å².